The van der Waals surface area contributed by atoms with E-state index >= 15 is 0 Å². The van der Waals surface area contributed by atoms with Gasteiger partial charge in [-0.05, 0) is 51.6 Å². The largest absolute Gasteiger partial charge is 0.256 e. The highest BCUT2D eigenvalue weighted by molar-refractivity contribution is 5.75. The summed E-state index contributed by atoms with van der Waals surface area (Å²) in [4.78, 5) is 19.3. The molecule has 0 radical (unpaired) electrons. The molecule has 0 atom stereocenters. The highest BCUT2D eigenvalue weighted by Crippen LogP contribution is 2.31. The molecule has 8 aromatic rings. The lowest BCUT2D eigenvalue weighted by Crippen LogP contribution is -2.00. The Labute approximate surface area is 280 Å². The Bertz CT molecular complexity index is 2280. The lowest BCUT2D eigenvalue weighted by Gasteiger charge is -2.10. The quantitative estimate of drug-likeness (QED) is 0.179. The average molecular weight is 615 g/mol. The standard InChI is InChI=1S/C44H30N4/c1-3-10-31(11-4-1)39-14-9-15-40(30-39)44-47-42(37-12-5-2-6-13-37)46-43(48-44)38-27-23-35(24-28-38)33-19-17-32(18-20-33)34-21-25-36(26-22-34)41-16-7-8-29-45-41/h1-30H. The smallest absolute Gasteiger partial charge is 0.164 e. The van der Waals surface area contributed by atoms with Gasteiger partial charge in [0.15, 0.2) is 17.5 Å². The van der Waals surface area contributed by atoms with Crippen molar-refractivity contribution in [2.45, 2.75) is 0 Å². The zero-order valence-corrected chi connectivity index (χ0v) is 26.1. The Balaban J connectivity index is 1.08. The van der Waals surface area contributed by atoms with Gasteiger partial charge in [0, 0.05) is 28.5 Å². The Morgan fingerprint density at radius 2 is 0.625 bits per heavy atom. The van der Waals surface area contributed by atoms with Crippen molar-refractivity contribution in [3.05, 3.63) is 182 Å². The molecule has 48 heavy (non-hydrogen) atoms. The molecule has 0 spiro atoms. The van der Waals surface area contributed by atoms with Gasteiger partial charge in [0.25, 0.3) is 0 Å². The van der Waals surface area contributed by atoms with E-state index in [9.17, 15) is 0 Å². The first kappa shape index (κ1) is 28.9. The highest BCUT2D eigenvalue weighted by atomic mass is 15.0. The summed E-state index contributed by atoms with van der Waals surface area (Å²) in [6.07, 6.45) is 1.82. The number of benzene rings is 6. The van der Waals surface area contributed by atoms with E-state index in [4.69, 9.17) is 15.0 Å². The van der Waals surface area contributed by atoms with E-state index in [-0.39, 0.29) is 0 Å². The second-order valence-electron chi connectivity index (χ2n) is 11.6. The van der Waals surface area contributed by atoms with Gasteiger partial charge in [0.05, 0.1) is 5.69 Å². The lowest BCUT2D eigenvalue weighted by atomic mass is 9.98. The minimum atomic E-state index is 0.639. The number of rotatable bonds is 7. The second-order valence-corrected chi connectivity index (χ2v) is 11.6. The minimum Gasteiger partial charge on any atom is -0.256 e. The van der Waals surface area contributed by atoms with Gasteiger partial charge in [-0.1, -0.05) is 158 Å². The van der Waals surface area contributed by atoms with Crippen molar-refractivity contribution in [1.29, 1.82) is 0 Å². The van der Waals surface area contributed by atoms with E-state index in [1.807, 2.05) is 60.8 Å². The number of pyridine rings is 1. The van der Waals surface area contributed by atoms with E-state index in [0.29, 0.717) is 17.5 Å². The van der Waals surface area contributed by atoms with Crippen LogP contribution in [0.15, 0.2) is 182 Å². The number of hydrogen-bond donors (Lipinski definition) is 0. The van der Waals surface area contributed by atoms with Gasteiger partial charge in [-0.15, -0.1) is 0 Å². The second kappa shape index (κ2) is 13.1. The van der Waals surface area contributed by atoms with Gasteiger partial charge in [-0.25, -0.2) is 15.0 Å². The van der Waals surface area contributed by atoms with E-state index in [1.54, 1.807) is 0 Å². The summed E-state index contributed by atoms with van der Waals surface area (Å²) in [5, 5.41) is 0. The number of aromatic nitrogens is 4. The van der Waals surface area contributed by atoms with Gasteiger partial charge >= 0.3 is 0 Å². The Hall–Kier alpha value is -6.52. The molecule has 4 heteroatoms. The molecule has 226 valence electrons. The fraction of sp³-hybridized carbons (Fsp3) is 0. The molecular weight excluding hydrogens is 585 g/mol. The van der Waals surface area contributed by atoms with Gasteiger partial charge in [0.1, 0.15) is 0 Å². The Morgan fingerprint density at radius 3 is 1.15 bits per heavy atom. The first-order valence-electron chi connectivity index (χ1n) is 16.0. The van der Waals surface area contributed by atoms with Crippen LogP contribution in [0.25, 0.3) is 78.8 Å². The summed E-state index contributed by atoms with van der Waals surface area (Å²) < 4.78 is 0. The topological polar surface area (TPSA) is 51.6 Å². The summed E-state index contributed by atoms with van der Waals surface area (Å²) in [6, 6.07) is 60.5. The minimum absolute atomic E-state index is 0.639. The average Bonchev–Trinajstić information content (AvgIpc) is 3.19. The monoisotopic (exact) mass is 614 g/mol. The molecule has 0 fully saturated rings. The van der Waals surface area contributed by atoms with Crippen LogP contribution in [0.1, 0.15) is 0 Å². The van der Waals surface area contributed by atoms with E-state index < -0.39 is 0 Å². The third kappa shape index (κ3) is 6.15. The zero-order valence-electron chi connectivity index (χ0n) is 26.1. The van der Waals surface area contributed by atoms with Crippen LogP contribution < -0.4 is 0 Å². The summed E-state index contributed by atoms with van der Waals surface area (Å²) >= 11 is 0. The molecule has 0 aliphatic carbocycles. The van der Waals surface area contributed by atoms with Crippen molar-refractivity contribution < 1.29 is 0 Å². The summed E-state index contributed by atoms with van der Waals surface area (Å²) in [5.74, 6) is 1.93. The van der Waals surface area contributed by atoms with Crippen molar-refractivity contribution >= 4 is 0 Å². The molecule has 0 saturated carbocycles. The molecule has 4 nitrogen and oxygen atoms in total. The Kier molecular flexibility index (Phi) is 7.87. The molecule has 0 amide bonds. The van der Waals surface area contributed by atoms with Crippen molar-refractivity contribution in [3.8, 4) is 78.8 Å². The van der Waals surface area contributed by atoms with Crippen LogP contribution in [0.2, 0.25) is 0 Å². The predicted molar refractivity (Wildman–Crippen MR) is 196 cm³/mol. The molecule has 0 unspecified atom stereocenters. The normalized spacial score (nSPS) is 10.9. The molecular formula is C44H30N4. The summed E-state index contributed by atoms with van der Waals surface area (Å²) in [5.41, 5.74) is 11.8. The van der Waals surface area contributed by atoms with Crippen LogP contribution in [-0.4, -0.2) is 19.9 Å². The van der Waals surface area contributed by atoms with E-state index in [2.05, 4.69) is 126 Å². The third-order valence-corrected chi connectivity index (χ3v) is 8.44. The molecule has 0 saturated heterocycles. The fourth-order valence-electron chi connectivity index (χ4n) is 5.85. The van der Waals surface area contributed by atoms with Crippen LogP contribution in [0.4, 0.5) is 0 Å². The van der Waals surface area contributed by atoms with Crippen LogP contribution in [0, 0.1) is 0 Å². The molecule has 0 N–H and O–H groups in total. The molecule has 2 aromatic heterocycles. The van der Waals surface area contributed by atoms with Crippen LogP contribution in [-0.2, 0) is 0 Å². The molecule has 0 bridgehead atoms. The summed E-state index contributed by atoms with van der Waals surface area (Å²) in [6.45, 7) is 0. The van der Waals surface area contributed by atoms with Gasteiger partial charge < -0.3 is 0 Å². The number of nitrogens with zero attached hydrogens (tertiary/aromatic N) is 4. The van der Waals surface area contributed by atoms with Crippen molar-refractivity contribution in [2.75, 3.05) is 0 Å². The third-order valence-electron chi connectivity index (χ3n) is 8.44. The van der Waals surface area contributed by atoms with E-state index in [0.717, 1.165) is 50.2 Å². The molecule has 0 aliphatic rings. The molecule has 2 heterocycles. The van der Waals surface area contributed by atoms with Crippen LogP contribution >= 0.6 is 0 Å². The van der Waals surface area contributed by atoms with Gasteiger partial charge in [0.2, 0.25) is 0 Å². The van der Waals surface area contributed by atoms with Crippen molar-refractivity contribution in [3.63, 3.8) is 0 Å². The summed E-state index contributed by atoms with van der Waals surface area (Å²) in [7, 11) is 0. The maximum absolute atomic E-state index is 4.98. The molecule has 0 aliphatic heterocycles. The predicted octanol–water partition coefficient (Wildman–Crippen LogP) is 10.9. The molecule has 8 rings (SSSR count). The zero-order chi connectivity index (χ0) is 32.1. The SMILES string of the molecule is c1ccc(-c2cccc(-c3nc(-c4ccccc4)nc(-c4ccc(-c5ccc(-c6ccc(-c7ccccn7)cc6)cc5)cc4)n3)c2)cc1. The van der Waals surface area contributed by atoms with Crippen LogP contribution in [0.3, 0.4) is 0 Å². The maximum atomic E-state index is 4.98. The first-order valence-corrected chi connectivity index (χ1v) is 16.0. The maximum Gasteiger partial charge on any atom is 0.164 e. The van der Waals surface area contributed by atoms with Crippen LogP contribution in [0.5, 0.6) is 0 Å². The first-order chi connectivity index (χ1) is 23.8. The Morgan fingerprint density at radius 1 is 0.250 bits per heavy atom. The van der Waals surface area contributed by atoms with Gasteiger partial charge in [-0.3, -0.25) is 4.98 Å². The van der Waals surface area contributed by atoms with E-state index in [1.165, 1.54) is 11.1 Å². The van der Waals surface area contributed by atoms with Gasteiger partial charge in [-0.2, -0.15) is 0 Å². The van der Waals surface area contributed by atoms with Crippen molar-refractivity contribution in [1.82, 2.24) is 19.9 Å². The van der Waals surface area contributed by atoms with Crippen molar-refractivity contribution in [2.24, 2.45) is 0 Å². The lowest BCUT2D eigenvalue weighted by molar-refractivity contribution is 1.07. The number of hydrogen-bond acceptors (Lipinski definition) is 4. The molecule has 6 aromatic carbocycles. The fourth-order valence-corrected chi connectivity index (χ4v) is 5.85. The highest BCUT2D eigenvalue weighted by Gasteiger charge is 2.13.